The quantitative estimate of drug-likeness (QED) is 0.0272. The lowest BCUT2D eigenvalue weighted by Gasteiger charge is -2.29. The van der Waals surface area contributed by atoms with Crippen LogP contribution in [0.2, 0.25) is 0 Å². The molecule has 0 saturated carbocycles. The summed E-state index contributed by atoms with van der Waals surface area (Å²) in [4.78, 5) is 25.7. The Morgan fingerprint density at radius 2 is 0.651 bits per heavy atom. The molecule has 0 saturated heterocycles. The predicted molar refractivity (Wildman–Crippen MR) is 376 cm³/mol. The molecule has 0 rings (SSSR count). The molecule has 8 nitrogen and oxygen atoms in total. The summed E-state index contributed by atoms with van der Waals surface area (Å²) in [5.74, 6) is -0.197. The van der Waals surface area contributed by atoms with E-state index in [4.69, 9.17) is 9.05 Å². The number of unbranched alkanes of at least 4 members (excludes halogenated alkanes) is 58. The topological polar surface area (TPSA) is 108 Å². The number of aliphatic hydroxyl groups excluding tert-OH is 1. The van der Waals surface area contributed by atoms with E-state index in [9.17, 15) is 19.4 Å². The molecule has 0 aromatic carbocycles. The number of likely N-dealkylation sites (N-methyl/N-ethyl adjacent to an activating group) is 1. The number of nitrogens with zero attached hydrogens (tertiary/aromatic N) is 1. The number of carbonyl (C=O) groups excluding carboxylic acids is 1. The number of hydrogen-bond acceptors (Lipinski definition) is 6. The molecule has 0 bridgehead atoms. The maximum atomic E-state index is 13.1. The van der Waals surface area contributed by atoms with E-state index in [0.29, 0.717) is 17.4 Å². The molecule has 512 valence electrons. The molecule has 9 heteroatoms. The molecule has 3 atom stereocenters. The summed E-state index contributed by atoms with van der Waals surface area (Å²) in [5, 5.41) is 14.0. The molecule has 0 aromatic heterocycles. The molecule has 0 aliphatic heterocycles. The van der Waals surface area contributed by atoms with Gasteiger partial charge in [-0.05, 0) is 32.1 Å². The number of amides is 1. The standard InChI is InChI=1S/C77H153N2O6P/c1-6-8-10-12-14-16-18-20-22-24-26-28-30-32-34-36-38-39-41-43-45-47-49-51-53-55-57-59-61-63-65-67-69-71-77(81)78-75(74-85-86(82,83)84-73-72-79(3,4)5)76(80)70-68-66-64-62-60-58-56-54-52-50-48-46-44-42-40-37-35-33-31-29-27-25-23-21-19-17-15-13-11-9-7-2/h60,62,68,70,75-76,80H,6-59,61,63-67,69,71-74H2,1-5H3,(H-,78,81,82,83)/b62-60+,70-68+. The molecule has 0 heterocycles. The van der Waals surface area contributed by atoms with Gasteiger partial charge in [-0.3, -0.25) is 9.36 Å². The number of rotatable bonds is 73. The number of hydrogen-bond donors (Lipinski definition) is 2. The normalized spacial score (nSPS) is 13.6. The van der Waals surface area contributed by atoms with Crippen molar-refractivity contribution in [1.82, 2.24) is 5.32 Å². The summed E-state index contributed by atoms with van der Waals surface area (Å²) in [6.07, 6.45) is 90.6. The van der Waals surface area contributed by atoms with Crippen LogP contribution in [0.4, 0.5) is 0 Å². The molecule has 0 aliphatic rings. The number of allylic oxidation sites excluding steroid dienone is 3. The predicted octanol–water partition coefficient (Wildman–Crippen LogP) is 24.4. The van der Waals surface area contributed by atoms with Crippen LogP contribution in [0.25, 0.3) is 0 Å². The molecule has 0 radical (unpaired) electrons. The van der Waals surface area contributed by atoms with Gasteiger partial charge in [-0.25, -0.2) is 0 Å². The summed E-state index contributed by atoms with van der Waals surface area (Å²) in [5.41, 5.74) is 0. The fourth-order valence-electron chi connectivity index (χ4n) is 12.2. The van der Waals surface area contributed by atoms with E-state index in [1.165, 1.54) is 353 Å². The highest BCUT2D eigenvalue weighted by Crippen LogP contribution is 2.38. The average molecular weight is 1230 g/mol. The molecule has 1 amide bonds. The fourth-order valence-corrected chi connectivity index (χ4v) is 12.9. The molecule has 0 aromatic rings. The highest BCUT2D eigenvalue weighted by Gasteiger charge is 2.23. The van der Waals surface area contributed by atoms with Gasteiger partial charge >= 0.3 is 0 Å². The fraction of sp³-hybridized carbons (Fsp3) is 0.935. The zero-order valence-electron chi connectivity index (χ0n) is 58.8. The second-order valence-electron chi connectivity index (χ2n) is 28.1. The van der Waals surface area contributed by atoms with Crippen LogP contribution in [-0.2, 0) is 18.4 Å². The second-order valence-corrected chi connectivity index (χ2v) is 29.5. The molecular weight excluding hydrogens is 1080 g/mol. The summed E-state index contributed by atoms with van der Waals surface area (Å²) >= 11 is 0. The number of aliphatic hydroxyl groups is 1. The van der Waals surface area contributed by atoms with Crippen LogP contribution in [0.3, 0.4) is 0 Å². The molecule has 0 spiro atoms. The van der Waals surface area contributed by atoms with Gasteiger partial charge in [0.05, 0.1) is 39.9 Å². The summed E-state index contributed by atoms with van der Waals surface area (Å²) < 4.78 is 23.5. The number of phosphoric acid groups is 1. The Bertz CT molecular complexity index is 1450. The highest BCUT2D eigenvalue weighted by atomic mass is 31.2. The molecule has 3 unspecified atom stereocenters. The first kappa shape index (κ1) is 85.0. The third kappa shape index (κ3) is 70.4. The summed E-state index contributed by atoms with van der Waals surface area (Å²) in [7, 11) is 1.27. The van der Waals surface area contributed by atoms with Crippen LogP contribution in [0, 0.1) is 0 Å². The Morgan fingerprint density at radius 3 is 0.942 bits per heavy atom. The van der Waals surface area contributed by atoms with Gasteiger partial charge in [-0.15, -0.1) is 0 Å². The van der Waals surface area contributed by atoms with Crippen LogP contribution in [0.5, 0.6) is 0 Å². The van der Waals surface area contributed by atoms with Gasteiger partial charge in [0.2, 0.25) is 5.91 Å². The van der Waals surface area contributed by atoms with E-state index in [2.05, 4.69) is 31.3 Å². The van der Waals surface area contributed by atoms with Crippen molar-refractivity contribution in [3.63, 3.8) is 0 Å². The third-order valence-corrected chi connectivity index (χ3v) is 19.1. The van der Waals surface area contributed by atoms with Gasteiger partial charge in [-0.2, -0.15) is 0 Å². The maximum Gasteiger partial charge on any atom is 0.268 e. The Kier molecular flexibility index (Phi) is 67.5. The second kappa shape index (κ2) is 68.3. The van der Waals surface area contributed by atoms with Crippen LogP contribution < -0.4 is 10.2 Å². The van der Waals surface area contributed by atoms with Crippen molar-refractivity contribution in [1.29, 1.82) is 0 Å². The zero-order valence-corrected chi connectivity index (χ0v) is 59.7. The lowest BCUT2D eigenvalue weighted by atomic mass is 10.0. The zero-order chi connectivity index (χ0) is 62.6. The monoisotopic (exact) mass is 1230 g/mol. The first-order chi connectivity index (χ1) is 42.0. The van der Waals surface area contributed by atoms with Crippen molar-refractivity contribution in [3.8, 4) is 0 Å². The molecule has 0 aliphatic carbocycles. The van der Waals surface area contributed by atoms with Crippen molar-refractivity contribution in [2.24, 2.45) is 0 Å². The Labute approximate surface area is 538 Å². The lowest BCUT2D eigenvalue weighted by molar-refractivity contribution is -0.870. The molecular formula is C77H153N2O6P. The van der Waals surface area contributed by atoms with Gasteiger partial charge in [0.25, 0.3) is 7.82 Å². The van der Waals surface area contributed by atoms with E-state index in [1.54, 1.807) is 6.08 Å². The van der Waals surface area contributed by atoms with E-state index in [1.807, 2.05) is 27.2 Å². The highest BCUT2D eigenvalue weighted by molar-refractivity contribution is 7.45. The van der Waals surface area contributed by atoms with Crippen LogP contribution in [-0.4, -0.2) is 68.5 Å². The molecule has 2 N–H and O–H groups in total. The Hall–Kier alpha value is -1.02. The molecule has 0 fully saturated rings. The van der Waals surface area contributed by atoms with Gasteiger partial charge in [0, 0.05) is 6.42 Å². The first-order valence-corrected chi connectivity index (χ1v) is 40.2. The van der Waals surface area contributed by atoms with Crippen molar-refractivity contribution >= 4 is 13.7 Å². The summed E-state index contributed by atoms with van der Waals surface area (Å²) in [6, 6.07) is -0.902. The minimum absolute atomic E-state index is 0.00328. The van der Waals surface area contributed by atoms with Gasteiger partial charge < -0.3 is 28.8 Å². The Balaban J connectivity index is 3.99. The first-order valence-electron chi connectivity index (χ1n) is 38.7. The van der Waals surface area contributed by atoms with E-state index in [-0.39, 0.29) is 19.1 Å². The average Bonchev–Trinajstić information content (AvgIpc) is 3.70. The van der Waals surface area contributed by atoms with E-state index in [0.717, 1.165) is 38.5 Å². The minimum atomic E-state index is -4.61. The largest absolute Gasteiger partial charge is 0.756 e. The van der Waals surface area contributed by atoms with Crippen molar-refractivity contribution in [2.75, 3.05) is 40.9 Å². The maximum absolute atomic E-state index is 13.1. The SMILES string of the molecule is CCCCCCCCCCCCCCCCCCCCCCCCCCC/C=C/CC/C=C/C(O)C(COP(=O)([O-])OCC[N+](C)(C)C)NC(=O)CCCCCCCCCCCCCCCCCCCCCCCCCCCCCCCCCCC. The number of nitrogens with one attached hydrogen (secondary N) is 1. The van der Waals surface area contributed by atoms with Gasteiger partial charge in [0.15, 0.2) is 0 Å². The number of phosphoric ester groups is 1. The Morgan fingerprint density at radius 1 is 0.395 bits per heavy atom. The number of quaternary nitrogens is 1. The summed E-state index contributed by atoms with van der Waals surface area (Å²) in [6.45, 7) is 4.71. The minimum Gasteiger partial charge on any atom is -0.756 e. The van der Waals surface area contributed by atoms with Gasteiger partial charge in [0.1, 0.15) is 13.2 Å². The van der Waals surface area contributed by atoms with Crippen LogP contribution in [0.15, 0.2) is 24.3 Å². The number of carbonyl (C=O) groups is 1. The van der Waals surface area contributed by atoms with Crippen molar-refractivity contribution < 1.29 is 32.9 Å². The smallest absolute Gasteiger partial charge is 0.268 e. The van der Waals surface area contributed by atoms with E-state index < -0.39 is 20.0 Å². The third-order valence-electron chi connectivity index (χ3n) is 18.2. The van der Waals surface area contributed by atoms with Crippen LogP contribution in [0.1, 0.15) is 412 Å². The van der Waals surface area contributed by atoms with E-state index >= 15 is 0 Å². The van der Waals surface area contributed by atoms with Crippen molar-refractivity contribution in [2.45, 2.75) is 424 Å². The van der Waals surface area contributed by atoms with Gasteiger partial charge in [-0.1, -0.05) is 398 Å². The van der Waals surface area contributed by atoms with Crippen molar-refractivity contribution in [3.05, 3.63) is 24.3 Å². The molecule has 86 heavy (non-hydrogen) atoms. The lowest BCUT2D eigenvalue weighted by Crippen LogP contribution is -2.45. The van der Waals surface area contributed by atoms with Crippen LogP contribution >= 0.6 is 7.82 Å².